The third-order valence-electron chi connectivity index (χ3n) is 2.48. The summed E-state index contributed by atoms with van der Waals surface area (Å²) in [4.78, 5) is 0. The maximum absolute atomic E-state index is 9.14. The number of aliphatic hydroxyl groups excluding tert-OH is 1. The van der Waals surface area contributed by atoms with Crippen LogP contribution >= 0.6 is 0 Å². The maximum Gasteiger partial charge on any atom is 0.0568 e. The van der Waals surface area contributed by atoms with Crippen LogP contribution in [-0.2, 0) is 0 Å². The molecule has 1 atom stereocenters. The molecule has 0 aliphatic heterocycles. The first-order chi connectivity index (χ1) is 3.71. The molecule has 0 aromatic rings. The number of rotatable bonds is 2. The molecule has 0 bridgehead atoms. The largest absolute Gasteiger partial charge is 0.393 e. The summed E-state index contributed by atoms with van der Waals surface area (Å²) in [5.74, 6) is 0. The smallest absolute Gasteiger partial charge is 0.0568 e. The maximum atomic E-state index is 9.14. The van der Waals surface area contributed by atoms with Gasteiger partial charge in [0, 0.05) is 0 Å². The molecule has 1 aliphatic carbocycles. The summed E-state index contributed by atoms with van der Waals surface area (Å²) in [5.41, 5.74) is 0.347. The number of hydrogen-bond acceptors (Lipinski definition) is 1. The van der Waals surface area contributed by atoms with Crippen molar-refractivity contribution in [1.29, 1.82) is 0 Å². The molecule has 0 spiro atoms. The predicted molar refractivity (Wildman–Crippen MR) is 33.6 cm³/mol. The lowest BCUT2D eigenvalue weighted by Crippen LogP contribution is -2.16. The van der Waals surface area contributed by atoms with Gasteiger partial charge in [-0.3, -0.25) is 0 Å². The normalized spacial score (nSPS) is 27.4. The van der Waals surface area contributed by atoms with Gasteiger partial charge in [0.05, 0.1) is 6.10 Å². The highest BCUT2D eigenvalue weighted by Crippen LogP contribution is 2.51. The second-order valence-electron chi connectivity index (χ2n) is 2.89. The lowest BCUT2D eigenvalue weighted by atomic mass is 9.98. The van der Waals surface area contributed by atoms with Crippen LogP contribution in [0.3, 0.4) is 0 Å². The Morgan fingerprint density at radius 1 is 1.62 bits per heavy atom. The van der Waals surface area contributed by atoms with E-state index < -0.39 is 0 Å². The summed E-state index contributed by atoms with van der Waals surface area (Å²) in [6.45, 7) is 4.05. The van der Waals surface area contributed by atoms with E-state index in [4.69, 9.17) is 5.11 Å². The summed E-state index contributed by atoms with van der Waals surface area (Å²) in [6.07, 6.45) is 3.54. The molecule has 1 rings (SSSR count). The van der Waals surface area contributed by atoms with Gasteiger partial charge in [-0.15, -0.1) is 0 Å². The summed E-state index contributed by atoms with van der Waals surface area (Å²) in [5, 5.41) is 9.14. The second-order valence-corrected chi connectivity index (χ2v) is 2.89. The van der Waals surface area contributed by atoms with Gasteiger partial charge in [0.25, 0.3) is 0 Å². The minimum Gasteiger partial charge on any atom is -0.393 e. The number of hydrogen-bond donors (Lipinski definition) is 1. The van der Waals surface area contributed by atoms with Gasteiger partial charge in [-0.2, -0.15) is 0 Å². The average molecular weight is 114 g/mol. The van der Waals surface area contributed by atoms with Crippen LogP contribution in [0.5, 0.6) is 0 Å². The molecule has 0 aromatic carbocycles. The van der Waals surface area contributed by atoms with Crippen molar-refractivity contribution in [2.45, 2.75) is 39.2 Å². The molecule has 1 unspecified atom stereocenters. The highest BCUT2D eigenvalue weighted by Gasteiger charge is 2.44. The zero-order valence-corrected chi connectivity index (χ0v) is 5.65. The van der Waals surface area contributed by atoms with E-state index in [9.17, 15) is 0 Å². The summed E-state index contributed by atoms with van der Waals surface area (Å²) >= 11 is 0. The Morgan fingerprint density at radius 3 is 2.12 bits per heavy atom. The molecule has 1 aliphatic rings. The SMILES string of the molecule is CCC1(C(C)O)CC1. The zero-order chi connectivity index (χ0) is 6.20. The molecule has 1 N–H and O–H groups in total. The molecular weight excluding hydrogens is 100 g/mol. The van der Waals surface area contributed by atoms with Gasteiger partial charge in [-0.1, -0.05) is 6.92 Å². The van der Waals surface area contributed by atoms with Gasteiger partial charge < -0.3 is 5.11 Å². The molecule has 1 heteroatoms. The van der Waals surface area contributed by atoms with E-state index in [1.165, 1.54) is 12.8 Å². The summed E-state index contributed by atoms with van der Waals surface area (Å²) in [6, 6.07) is 0. The van der Waals surface area contributed by atoms with Crippen LogP contribution < -0.4 is 0 Å². The van der Waals surface area contributed by atoms with Crippen LogP contribution in [0.4, 0.5) is 0 Å². The molecule has 8 heavy (non-hydrogen) atoms. The van der Waals surface area contributed by atoms with Gasteiger partial charge >= 0.3 is 0 Å². The van der Waals surface area contributed by atoms with Crippen LogP contribution in [0.25, 0.3) is 0 Å². The quantitative estimate of drug-likeness (QED) is 0.577. The van der Waals surface area contributed by atoms with E-state index in [2.05, 4.69) is 6.92 Å². The summed E-state index contributed by atoms with van der Waals surface area (Å²) < 4.78 is 0. The highest BCUT2D eigenvalue weighted by molar-refractivity contribution is 4.95. The van der Waals surface area contributed by atoms with Crippen molar-refractivity contribution in [1.82, 2.24) is 0 Å². The fourth-order valence-electron chi connectivity index (χ4n) is 1.23. The van der Waals surface area contributed by atoms with Crippen molar-refractivity contribution in [3.63, 3.8) is 0 Å². The van der Waals surface area contributed by atoms with Crippen molar-refractivity contribution in [3.8, 4) is 0 Å². The molecule has 0 saturated heterocycles. The van der Waals surface area contributed by atoms with Crippen LogP contribution in [-0.4, -0.2) is 11.2 Å². The Balaban J connectivity index is 2.41. The molecule has 1 nitrogen and oxygen atoms in total. The number of aliphatic hydroxyl groups is 1. The van der Waals surface area contributed by atoms with Crippen molar-refractivity contribution in [2.24, 2.45) is 5.41 Å². The fourth-order valence-corrected chi connectivity index (χ4v) is 1.23. The lowest BCUT2D eigenvalue weighted by Gasteiger charge is -2.14. The second kappa shape index (κ2) is 1.73. The third-order valence-corrected chi connectivity index (χ3v) is 2.48. The first kappa shape index (κ1) is 6.09. The lowest BCUT2D eigenvalue weighted by molar-refractivity contribution is 0.108. The van der Waals surface area contributed by atoms with E-state index in [0.29, 0.717) is 5.41 Å². The molecule has 0 aromatic heterocycles. The Kier molecular flexibility index (Phi) is 1.31. The minimum absolute atomic E-state index is 0.0764. The van der Waals surface area contributed by atoms with Crippen molar-refractivity contribution in [3.05, 3.63) is 0 Å². The molecule has 0 heterocycles. The van der Waals surface area contributed by atoms with E-state index in [1.807, 2.05) is 6.92 Å². The van der Waals surface area contributed by atoms with Gasteiger partial charge in [0.1, 0.15) is 0 Å². The van der Waals surface area contributed by atoms with Crippen molar-refractivity contribution in [2.75, 3.05) is 0 Å². The Labute approximate surface area is 50.7 Å². The monoisotopic (exact) mass is 114 g/mol. The Bertz CT molecular complexity index is 82.4. The topological polar surface area (TPSA) is 20.2 Å². The van der Waals surface area contributed by atoms with Crippen molar-refractivity contribution < 1.29 is 5.11 Å². The van der Waals surface area contributed by atoms with Gasteiger partial charge in [0.2, 0.25) is 0 Å². The zero-order valence-electron chi connectivity index (χ0n) is 5.65. The van der Waals surface area contributed by atoms with Crippen LogP contribution in [0.15, 0.2) is 0 Å². The molecular formula is C7H14O. The van der Waals surface area contributed by atoms with Crippen molar-refractivity contribution >= 4 is 0 Å². The molecule has 1 saturated carbocycles. The predicted octanol–water partition coefficient (Wildman–Crippen LogP) is 1.56. The Hall–Kier alpha value is -0.0400. The summed E-state index contributed by atoms with van der Waals surface area (Å²) in [7, 11) is 0. The van der Waals surface area contributed by atoms with E-state index >= 15 is 0 Å². The van der Waals surface area contributed by atoms with Gasteiger partial charge in [-0.05, 0) is 31.6 Å². The average Bonchev–Trinajstić information content (AvgIpc) is 2.44. The first-order valence-electron chi connectivity index (χ1n) is 3.39. The van der Waals surface area contributed by atoms with Gasteiger partial charge in [-0.25, -0.2) is 0 Å². The first-order valence-corrected chi connectivity index (χ1v) is 3.39. The van der Waals surface area contributed by atoms with Gasteiger partial charge in [0.15, 0.2) is 0 Å². The minimum atomic E-state index is -0.0764. The van der Waals surface area contributed by atoms with Crippen LogP contribution in [0.2, 0.25) is 0 Å². The third kappa shape index (κ3) is 0.752. The Morgan fingerprint density at radius 2 is 2.12 bits per heavy atom. The standard InChI is InChI=1S/C7H14O/c1-3-7(4-5-7)6(2)8/h6,8H,3-5H2,1-2H3. The van der Waals surface area contributed by atoms with E-state index in [1.54, 1.807) is 0 Å². The molecule has 0 radical (unpaired) electrons. The molecule has 1 fully saturated rings. The molecule has 0 amide bonds. The molecule has 48 valence electrons. The van der Waals surface area contributed by atoms with Crippen LogP contribution in [0, 0.1) is 5.41 Å². The fraction of sp³-hybridized carbons (Fsp3) is 1.00. The van der Waals surface area contributed by atoms with Crippen LogP contribution in [0.1, 0.15) is 33.1 Å². The van der Waals surface area contributed by atoms with E-state index in [-0.39, 0.29) is 6.10 Å². The highest BCUT2D eigenvalue weighted by atomic mass is 16.3. The van der Waals surface area contributed by atoms with E-state index in [0.717, 1.165) is 6.42 Å².